The molecular formula is C11H11ClN4O2. The van der Waals surface area contributed by atoms with Crippen molar-refractivity contribution < 1.29 is 9.32 Å². The molecule has 0 saturated carbocycles. The predicted molar refractivity (Wildman–Crippen MR) is 67.9 cm³/mol. The van der Waals surface area contributed by atoms with Crippen LogP contribution in [0.2, 0.25) is 5.02 Å². The van der Waals surface area contributed by atoms with E-state index < -0.39 is 5.91 Å². The zero-order valence-electron chi connectivity index (χ0n) is 9.61. The number of hydrogen-bond donors (Lipinski definition) is 2. The van der Waals surface area contributed by atoms with Crippen molar-refractivity contribution in [2.24, 2.45) is 0 Å². The van der Waals surface area contributed by atoms with Crippen LogP contribution in [0.25, 0.3) is 0 Å². The summed E-state index contributed by atoms with van der Waals surface area (Å²) in [5.41, 5.74) is 0.600. The molecule has 2 rings (SSSR count). The van der Waals surface area contributed by atoms with Gasteiger partial charge in [0.15, 0.2) is 0 Å². The summed E-state index contributed by atoms with van der Waals surface area (Å²) in [6, 6.07) is 3.33. The van der Waals surface area contributed by atoms with Crippen LogP contribution < -0.4 is 10.6 Å². The maximum Gasteiger partial charge on any atom is 0.276 e. The van der Waals surface area contributed by atoms with Gasteiger partial charge < -0.3 is 15.2 Å². The molecule has 18 heavy (non-hydrogen) atoms. The van der Waals surface area contributed by atoms with Crippen LogP contribution in [0.15, 0.2) is 29.1 Å². The number of nitrogens with one attached hydrogen (secondary N) is 2. The van der Waals surface area contributed by atoms with Crippen molar-refractivity contribution >= 4 is 29.0 Å². The summed E-state index contributed by atoms with van der Waals surface area (Å²) < 4.78 is 4.61. The Kier molecular flexibility index (Phi) is 3.78. The van der Waals surface area contributed by atoms with Crippen LogP contribution in [-0.4, -0.2) is 22.6 Å². The minimum Gasteiger partial charge on any atom is -0.370 e. The first kappa shape index (κ1) is 12.4. The molecule has 0 fully saturated rings. The Labute approximate surface area is 108 Å². The molecule has 0 aromatic carbocycles. The topological polar surface area (TPSA) is 80.0 Å². The molecule has 2 aromatic rings. The highest BCUT2D eigenvalue weighted by molar-refractivity contribution is 6.34. The Morgan fingerprint density at radius 3 is 3.00 bits per heavy atom. The van der Waals surface area contributed by atoms with Crippen LogP contribution in [-0.2, 0) is 0 Å². The van der Waals surface area contributed by atoms with Crippen molar-refractivity contribution in [2.75, 3.05) is 17.2 Å². The van der Waals surface area contributed by atoms with E-state index in [2.05, 4.69) is 25.3 Å². The summed E-state index contributed by atoms with van der Waals surface area (Å²) >= 11 is 5.94. The highest BCUT2D eigenvalue weighted by atomic mass is 35.5. The average Bonchev–Trinajstić information content (AvgIpc) is 2.84. The van der Waals surface area contributed by atoms with Gasteiger partial charge in [0.05, 0.1) is 11.2 Å². The molecule has 0 aliphatic heterocycles. The van der Waals surface area contributed by atoms with Crippen molar-refractivity contribution in [3.8, 4) is 0 Å². The number of amides is 1. The monoisotopic (exact) mass is 266 g/mol. The van der Waals surface area contributed by atoms with E-state index in [-0.39, 0.29) is 10.7 Å². The lowest BCUT2D eigenvalue weighted by Gasteiger charge is -2.07. The van der Waals surface area contributed by atoms with E-state index >= 15 is 0 Å². The van der Waals surface area contributed by atoms with E-state index in [1.54, 1.807) is 12.1 Å². The number of pyridine rings is 1. The van der Waals surface area contributed by atoms with E-state index in [4.69, 9.17) is 11.6 Å². The number of carbonyl (C=O) groups is 1. The second-order valence-electron chi connectivity index (χ2n) is 3.42. The SMILES string of the molecule is CCNc1ccc(Cl)c(C(=O)Nc2cnoc2)n1. The normalized spacial score (nSPS) is 10.1. The first-order valence-electron chi connectivity index (χ1n) is 5.32. The lowest BCUT2D eigenvalue weighted by molar-refractivity contribution is 0.102. The summed E-state index contributed by atoms with van der Waals surface area (Å²) in [6.45, 7) is 2.65. The van der Waals surface area contributed by atoms with Gasteiger partial charge in [-0.1, -0.05) is 16.8 Å². The fourth-order valence-corrected chi connectivity index (χ4v) is 1.53. The number of hydrogen-bond acceptors (Lipinski definition) is 5. The summed E-state index contributed by atoms with van der Waals surface area (Å²) in [4.78, 5) is 16.1. The van der Waals surface area contributed by atoms with Crippen molar-refractivity contribution in [1.29, 1.82) is 0 Å². The molecule has 2 N–H and O–H groups in total. The van der Waals surface area contributed by atoms with Gasteiger partial charge in [0.1, 0.15) is 23.5 Å². The predicted octanol–water partition coefficient (Wildman–Crippen LogP) is 2.41. The van der Waals surface area contributed by atoms with E-state index in [0.29, 0.717) is 18.1 Å². The van der Waals surface area contributed by atoms with E-state index in [1.807, 2.05) is 6.92 Å². The summed E-state index contributed by atoms with van der Waals surface area (Å²) in [6.07, 6.45) is 2.71. The highest BCUT2D eigenvalue weighted by Gasteiger charge is 2.14. The molecule has 0 bridgehead atoms. The molecule has 2 heterocycles. The number of carbonyl (C=O) groups excluding carboxylic acids is 1. The van der Waals surface area contributed by atoms with Gasteiger partial charge in [0.2, 0.25) is 0 Å². The molecule has 0 atom stereocenters. The first-order valence-corrected chi connectivity index (χ1v) is 5.69. The lowest BCUT2D eigenvalue weighted by Crippen LogP contribution is -2.15. The third-order valence-corrected chi connectivity index (χ3v) is 2.41. The zero-order valence-corrected chi connectivity index (χ0v) is 10.4. The standard InChI is InChI=1S/C11H11ClN4O2/c1-2-13-9-4-3-8(12)10(16-9)11(17)15-7-5-14-18-6-7/h3-6H,2H2,1H3,(H,13,16)(H,15,17). The van der Waals surface area contributed by atoms with Gasteiger partial charge in [-0.3, -0.25) is 4.79 Å². The second-order valence-corrected chi connectivity index (χ2v) is 3.83. The zero-order chi connectivity index (χ0) is 13.0. The number of nitrogens with zero attached hydrogens (tertiary/aromatic N) is 2. The van der Waals surface area contributed by atoms with Gasteiger partial charge in [-0.15, -0.1) is 0 Å². The number of halogens is 1. The van der Waals surface area contributed by atoms with Gasteiger partial charge in [-0.25, -0.2) is 4.98 Å². The van der Waals surface area contributed by atoms with Crippen molar-refractivity contribution in [1.82, 2.24) is 10.1 Å². The van der Waals surface area contributed by atoms with E-state index in [1.165, 1.54) is 12.5 Å². The summed E-state index contributed by atoms with van der Waals surface area (Å²) in [5, 5.41) is 9.35. The van der Waals surface area contributed by atoms with Crippen molar-refractivity contribution in [3.63, 3.8) is 0 Å². The Morgan fingerprint density at radius 2 is 2.33 bits per heavy atom. The molecule has 2 aromatic heterocycles. The maximum absolute atomic E-state index is 11.9. The molecule has 1 amide bonds. The fraction of sp³-hybridized carbons (Fsp3) is 0.182. The Morgan fingerprint density at radius 1 is 1.50 bits per heavy atom. The van der Waals surface area contributed by atoms with Crippen molar-refractivity contribution in [3.05, 3.63) is 35.3 Å². The van der Waals surface area contributed by atoms with Crippen LogP contribution in [0.5, 0.6) is 0 Å². The molecule has 7 heteroatoms. The first-order chi connectivity index (χ1) is 8.70. The highest BCUT2D eigenvalue weighted by Crippen LogP contribution is 2.18. The molecule has 0 unspecified atom stereocenters. The average molecular weight is 267 g/mol. The van der Waals surface area contributed by atoms with Crippen LogP contribution in [0.3, 0.4) is 0 Å². The van der Waals surface area contributed by atoms with Gasteiger partial charge in [-0.05, 0) is 19.1 Å². The third kappa shape index (κ3) is 2.78. The van der Waals surface area contributed by atoms with Crippen LogP contribution in [0.1, 0.15) is 17.4 Å². The van der Waals surface area contributed by atoms with Gasteiger partial charge in [-0.2, -0.15) is 0 Å². The molecule has 94 valence electrons. The van der Waals surface area contributed by atoms with Crippen molar-refractivity contribution in [2.45, 2.75) is 6.92 Å². The smallest absolute Gasteiger partial charge is 0.276 e. The Bertz CT molecular complexity index is 542. The quantitative estimate of drug-likeness (QED) is 0.888. The molecule has 0 aliphatic rings. The summed E-state index contributed by atoms with van der Waals surface area (Å²) in [7, 11) is 0. The molecule has 0 saturated heterocycles. The number of aromatic nitrogens is 2. The van der Waals surface area contributed by atoms with E-state index in [0.717, 1.165) is 0 Å². The molecule has 0 aliphatic carbocycles. The lowest BCUT2D eigenvalue weighted by atomic mass is 10.3. The Balaban J connectivity index is 2.20. The maximum atomic E-state index is 11.9. The Hall–Kier alpha value is -2.08. The second kappa shape index (κ2) is 5.50. The van der Waals surface area contributed by atoms with Crippen LogP contribution >= 0.6 is 11.6 Å². The molecule has 0 spiro atoms. The van der Waals surface area contributed by atoms with Gasteiger partial charge in [0, 0.05) is 6.54 Å². The van der Waals surface area contributed by atoms with Gasteiger partial charge in [0.25, 0.3) is 5.91 Å². The summed E-state index contributed by atoms with van der Waals surface area (Å²) in [5.74, 6) is 0.181. The minimum atomic E-state index is -0.414. The minimum absolute atomic E-state index is 0.149. The van der Waals surface area contributed by atoms with E-state index in [9.17, 15) is 4.79 Å². The molecule has 6 nitrogen and oxygen atoms in total. The third-order valence-electron chi connectivity index (χ3n) is 2.11. The number of rotatable bonds is 4. The van der Waals surface area contributed by atoms with Gasteiger partial charge >= 0.3 is 0 Å². The number of anilines is 2. The molecular weight excluding hydrogens is 256 g/mol. The largest absolute Gasteiger partial charge is 0.370 e. The fourth-order valence-electron chi connectivity index (χ4n) is 1.34. The molecule has 0 radical (unpaired) electrons. The van der Waals surface area contributed by atoms with Crippen LogP contribution in [0, 0.1) is 0 Å². The van der Waals surface area contributed by atoms with Crippen LogP contribution in [0.4, 0.5) is 11.5 Å².